The average Bonchev–Trinajstić information content (AvgIpc) is 3.19. The lowest BCUT2D eigenvalue weighted by atomic mass is 10.0. The summed E-state index contributed by atoms with van der Waals surface area (Å²) in [6.45, 7) is 3.00. The minimum atomic E-state index is -1.38. The zero-order valence-electron chi connectivity index (χ0n) is 35.6. The van der Waals surface area contributed by atoms with Crippen LogP contribution in [0.5, 0.6) is 0 Å². The second-order valence-electron chi connectivity index (χ2n) is 14.6. The molecule has 2 atom stereocenters. The van der Waals surface area contributed by atoms with Gasteiger partial charge < -0.3 is 55.5 Å². The fourth-order valence-corrected chi connectivity index (χ4v) is 5.77. The minimum Gasteiger partial charge on any atom is -0.481 e. The topological polar surface area (TPSA) is 282 Å². The lowest BCUT2D eigenvalue weighted by Crippen LogP contribution is -2.44. The monoisotopic (exact) mass is 860 g/mol. The average molecular weight is 861 g/mol. The maximum Gasteiger partial charge on any atom is 0.326 e. The molecule has 2 unspecified atom stereocenters. The van der Waals surface area contributed by atoms with Gasteiger partial charge in [0.05, 0.1) is 39.6 Å². The summed E-state index contributed by atoms with van der Waals surface area (Å²) >= 11 is 0. The third-order valence-corrected chi connectivity index (χ3v) is 9.05. The molecule has 0 fully saturated rings. The summed E-state index contributed by atoms with van der Waals surface area (Å²) in [5, 5.41) is 37.7. The van der Waals surface area contributed by atoms with Gasteiger partial charge in [-0.3, -0.25) is 28.8 Å². The predicted molar refractivity (Wildman–Crippen MR) is 219 cm³/mol. The van der Waals surface area contributed by atoms with Gasteiger partial charge in [-0.05, 0) is 32.6 Å². The van der Waals surface area contributed by atoms with Crippen LogP contribution in [0.3, 0.4) is 0 Å². The maximum absolute atomic E-state index is 12.5. The third-order valence-electron chi connectivity index (χ3n) is 9.05. The van der Waals surface area contributed by atoms with E-state index in [1.54, 1.807) is 0 Å². The quantitative estimate of drug-likeness (QED) is 0.0434. The molecule has 0 aliphatic heterocycles. The van der Waals surface area contributed by atoms with Crippen molar-refractivity contribution in [3.63, 3.8) is 0 Å². The van der Waals surface area contributed by atoms with Gasteiger partial charge in [0, 0.05) is 38.8 Å². The van der Waals surface area contributed by atoms with Crippen molar-refractivity contribution in [2.24, 2.45) is 0 Å². The first-order valence-electron chi connectivity index (χ1n) is 21.4. The third kappa shape index (κ3) is 38.0. The highest BCUT2D eigenvalue weighted by Gasteiger charge is 2.24. The van der Waals surface area contributed by atoms with Crippen molar-refractivity contribution in [1.29, 1.82) is 0 Å². The van der Waals surface area contributed by atoms with E-state index in [1.807, 2.05) is 0 Å². The number of nitrogens with one attached hydrogen (secondary N) is 4. The number of carbonyl (C=O) groups is 8. The van der Waals surface area contributed by atoms with Gasteiger partial charge in [-0.2, -0.15) is 0 Å². The molecular weight excluding hydrogens is 788 g/mol. The van der Waals surface area contributed by atoms with Gasteiger partial charge in [0.1, 0.15) is 25.3 Å². The van der Waals surface area contributed by atoms with Gasteiger partial charge in [-0.15, -0.1) is 0 Å². The van der Waals surface area contributed by atoms with E-state index in [-0.39, 0.29) is 110 Å². The summed E-state index contributed by atoms with van der Waals surface area (Å²) in [6, 6.07) is -2.69. The van der Waals surface area contributed by atoms with Crippen molar-refractivity contribution >= 4 is 47.3 Å². The van der Waals surface area contributed by atoms with Crippen LogP contribution in [-0.4, -0.2) is 141 Å². The van der Waals surface area contributed by atoms with Gasteiger partial charge in [0.15, 0.2) is 5.78 Å². The van der Waals surface area contributed by atoms with E-state index in [9.17, 15) is 48.6 Å². The van der Waals surface area contributed by atoms with Crippen molar-refractivity contribution in [2.45, 2.75) is 147 Å². The van der Waals surface area contributed by atoms with Crippen molar-refractivity contribution < 1.29 is 72.6 Å². The van der Waals surface area contributed by atoms with Crippen LogP contribution in [0.1, 0.15) is 135 Å². The van der Waals surface area contributed by atoms with Crippen molar-refractivity contribution in [3.05, 3.63) is 0 Å². The van der Waals surface area contributed by atoms with Crippen LogP contribution in [0.25, 0.3) is 0 Å². The van der Waals surface area contributed by atoms with E-state index in [2.05, 4.69) is 21.3 Å². The van der Waals surface area contributed by atoms with Crippen molar-refractivity contribution in [2.75, 3.05) is 65.9 Å². The largest absolute Gasteiger partial charge is 0.481 e. The number of hydrogen-bond donors (Lipinski definition) is 7. The Hall–Kier alpha value is -4.20. The molecule has 0 radical (unpaired) electrons. The van der Waals surface area contributed by atoms with E-state index in [4.69, 9.17) is 24.1 Å². The van der Waals surface area contributed by atoms with Crippen LogP contribution in [0.2, 0.25) is 0 Å². The van der Waals surface area contributed by atoms with Gasteiger partial charge >= 0.3 is 17.9 Å². The van der Waals surface area contributed by atoms with Crippen LogP contribution < -0.4 is 21.3 Å². The van der Waals surface area contributed by atoms with E-state index < -0.39 is 47.7 Å². The first-order chi connectivity index (χ1) is 28.8. The van der Waals surface area contributed by atoms with E-state index >= 15 is 0 Å². The first kappa shape index (κ1) is 55.8. The second-order valence-corrected chi connectivity index (χ2v) is 14.6. The molecule has 0 aliphatic rings. The Morgan fingerprint density at radius 2 is 0.783 bits per heavy atom. The molecule has 0 heterocycles. The Balaban J connectivity index is 3.99. The summed E-state index contributed by atoms with van der Waals surface area (Å²) in [5.41, 5.74) is 0. The zero-order valence-corrected chi connectivity index (χ0v) is 35.6. The van der Waals surface area contributed by atoms with Crippen LogP contribution in [0, 0.1) is 0 Å². The number of ketones is 1. The predicted octanol–water partition coefficient (Wildman–Crippen LogP) is 2.90. The number of carboxylic acid groups (broad SMARTS) is 3. The molecule has 0 rings (SSSR count). The molecule has 0 aromatic rings. The van der Waals surface area contributed by atoms with E-state index in [0.717, 1.165) is 51.4 Å². The van der Waals surface area contributed by atoms with Crippen molar-refractivity contribution in [3.8, 4) is 0 Å². The number of Topliss-reactive ketones (excluding diaryl/α,β-unsaturated/α-hetero) is 1. The number of carbonyl (C=O) groups excluding carboxylic acids is 5. The Morgan fingerprint density at radius 3 is 1.22 bits per heavy atom. The lowest BCUT2D eigenvalue weighted by molar-refractivity contribution is -0.143. The van der Waals surface area contributed by atoms with Crippen LogP contribution in [0.4, 0.5) is 0 Å². The molecule has 0 bridgehead atoms. The Kier molecular flexibility index (Phi) is 36.2. The number of hydrogen-bond acceptors (Lipinski definition) is 12. The summed E-state index contributed by atoms with van der Waals surface area (Å²) in [6.07, 6.45) is 14.0. The Morgan fingerprint density at radius 1 is 0.417 bits per heavy atom. The molecule has 0 aromatic carbocycles. The fraction of sp³-hybridized carbons (Fsp3) is 0.805. The van der Waals surface area contributed by atoms with Crippen LogP contribution in [-0.2, 0) is 57.3 Å². The molecule has 346 valence electrons. The van der Waals surface area contributed by atoms with Crippen LogP contribution in [0.15, 0.2) is 0 Å². The number of rotatable bonds is 43. The number of carboxylic acids is 3. The fourth-order valence-electron chi connectivity index (χ4n) is 5.77. The molecule has 0 aliphatic carbocycles. The van der Waals surface area contributed by atoms with Gasteiger partial charge in [0.25, 0.3) is 0 Å². The molecule has 0 aromatic heterocycles. The molecule has 19 heteroatoms. The Bertz CT molecular complexity index is 1240. The number of amides is 4. The highest BCUT2D eigenvalue weighted by atomic mass is 16.5. The highest BCUT2D eigenvalue weighted by molar-refractivity contribution is 5.86. The molecular formula is C41H72N4O15. The van der Waals surface area contributed by atoms with Gasteiger partial charge in [0.2, 0.25) is 23.6 Å². The van der Waals surface area contributed by atoms with Crippen LogP contribution >= 0.6 is 0 Å². The minimum absolute atomic E-state index is 0.0366. The molecule has 60 heavy (non-hydrogen) atoms. The highest BCUT2D eigenvalue weighted by Crippen LogP contribution is 2.14. The lowest BCUT2D eigenvalue weighted by Gasteiger charge is -2.17. The van der Waals surface area contributed by atoms with Gasteiger partial charge in [-0.1, -0.05) is 77.0 Å². The zero-order chi connectivity index (χ0) is 44.6. The number of unbranched alkanes of at least 4 members (excludes halogenated alkanes) is 13. The van der Waals surface area contributed by atoms with E-state index in [0.29, 0.717) is 13.0 Å². The number of ether oxygens (including phenoxy) is 4. The number of aliphatic carboxylic acids is 3. The molecule has 0 saturated heterocycles. The summed E-state index contributed by atoms with van der Waals surface area (Å²) < 4.78 is 20.9. The second kappa shape index (κ2) is 39.0. The summed E-state index contributed by atoms with van der Waals surface area (Å²) in [5.74, 6) is -5.40. The molecule has 0 spiro atoms. The summed E-state index contributed by atoms with van der Waals surface area (Å²) in [7, 11) is 0. The molecule has 7 N–H and O–H groups in total. The summed E-state index contributed by atoms with van der Waals surface area (Å²) in [4.78, 5) is 93.5. The molecule has 19 nitrogen and oxygen atoms in total. The molecule has 4 amide bonds. The van der Waals surface area contributed by atoms with Gasteiger partial charge in [-0.25, -0.2) is 9.59 Å². The molecule has 0 saturated carbocycles. The SMILES string of the molecule is CC(=O)COCCOCCNC(=O)COCCOCCNC(=O)CCC(NC(=O)CCC(NC(=O)CCCCCCCCCCCCCCCCC(=O)O)C(=O)O)C(=O)O. The maximum atomic E-state index is 12.5. The Labute approximate surface area is 354 Å². The standard InChI is InChI=1S/C41H72N4O15/c1-32(46)30-59-28-26-58-25-23-43-38(50)31-60-29-27-57-24-22-42-35(47)20-18-33(40(53)54)45-37(49)21-19-34(41(55)56)44-36(48)16-14-12-10-8-6-4-2-3-5-7-9-11-13-15-17-39(51)52/h33-34H,2-31H2,1H3,(H,42,47)(H,43,50)(H,44,48)(H,45,49)(H,51,52)(H,53,54)(H,55,56). The van der Waals surface area contributed by atoms with E-state index in [1.165, 1.54) is 39.0 Å². The smallest absolute Gasteiger partial charge is 0.326 e. The first-order valence-corrected chi connectivity index (χ1v) is 21.4. The van der Waals surface area contributed by atoms with Crippen molar-refractivity contribution in [1.82, 2.24) is 21.3 Å². The normalized spacial score (nSPS) is 11.9.